The molecule has 0 aromatic carbocycles. The first-order valence-electron chi connectivity index (χ1n) is 6.35. The van der Waals surface area contributed by atoms with Crippen LogP contribution in [0.15, 0.2) is 0 Å². The molecule has 1 saturated heterocycles. The van der Waals surface area contributed by atoms with Crippen molar-refractivity contribution in [1.82, 2.24) is 4.90 Å². The minimum absolute atomic E-state index is 0.187. The van der Waals surface area contributed by atoms with Gasteiger partial charge in [-0.1, -0.05) is 27.7 Å². The van der Waals surface area contributed by atoms with E-state index >= 15 is 0 Å². The molecule has 1 heterocycles. The molecule has 0 spiro atoms. The molecule has 1 rings (SSSR count). The first-order valence-corrected chi connectivity index (χ1v) is 6.35. The van der Waals surface area contributed by atoms with Gasteiger partial charge in [0.05, 0.1) is 5.92 Å². The molecule has 0 aromatic rings. The molecule has 0 aliphatic carbocycles. The molecule has 1 unspecified atom stereocenters. The van der Waals surface area contributed by atoms with Crippen LogP contribution in [0.2, 0.25) is 0 Å². The molecule has 1 aliphatic heterocycles. The lowest BCUT2D eigenvalue weighted by molar-refractivity contribution is -0.143. The largest absolute Gasteiger partial charge is 0.481 e. The maximum absolute atomic E-state index is 11.1. The van der Waals surface area contributed by atoms with E-state index in [1.165, 1.54) is 0 Å². The second-order valence-corrected chi connectivity index (χ2v) is 5.89. The van der Waals surface area contributed by atoms with Gasteiger partial charge < -0.3 is 10.0 Å². The number of carboxylic acids is 1. The van der Waals surface area contributed by atoms with E-state index in [4.69, 9.17) is 5.11 Å². The van der Waals surface area contributed by atoms with Gasteiger partial charge in [0.15, 0.2) is 0 Å². The average molecular weight is 227 g/mol. The third-order valence-electron chi connectivity index (χ3n) is 3.51. The van der Waals surface area contributed by atoms with Crippen molar-refractivity contribution in [3.8, 4) is 0 Å². The molecule has 1 atom stereocenters. The van der Waals surface area contributed by atoms with Crippen molar-refractivity contribution in [3.05, 3.63) is 0 Å². The van der Waals surface area contributed by atoms with Crippen LogP contribution in [-0.4, -0.2) is 35.6 Å². The van der Waals surface area contributed by atoms with E-state index in [-0.39, 0.29) is 5.92 Å². The standard InChI is InChI=1S/C13H25NO2/c1-9(2)5-11(13(15)16)6-14-7-12(8-14)10(3)4/h9-12H,5-8H2,1-4H3,(H,15,16). The Balaban J connectivity index is 2.32. The number of nitrogens with zero attached hydrogens (tertiary/aromatic N) is 1. The van der Waals surface area contributed by atoms with Gasteiger partial charge in [0, 0.05) is 19.6 Å². The SMILES string of the molecule is CC(C)CC(CN1CC(C(C)C)C1)C(=O)O. The Labute approximate surface area is 98.8 Å². The highest BCUT2D eigenvalue weighted by atomic mass is 16.4. The normalized spacial score (nSPS) is 20.1. The fourth-order valence-corrected chi connectivity index (χ4v) is 2.31. The number of hydrogen-bond acceptors (Lipinski definition) is 2. The van der Waals surface area contributed by atoms with Gasteiger partial charge in [0.1, 0.15) is 0 Å². The predicted octanol–water partition coefficient (Wildman–Crippen LogP) is 2.32. The maximum Gasteiger partial charge on any atom is 0.307 e. The fourth-order valence-electron chi connectivity index (χ4n) is 2.31. The van der Waals surface area contributed by atoms with Crippen molar-refractivity contribution in [3.63, 3.8) is 0 Å². The molecule has 3 nitrogen and oxygen atoms in total. The molecule has 94 valence electrons. The first-order chi connectivity index (χ1) is 7.40. The van der Waals surface area contributed by atoms with Crippen LogP contribution in [0.25, 0.3) is 0 Å². The van der Waals surface area contributed by atoms with E-state index in [0.29, 0.717) is 5.92 Å². The first kappa shape index (κ1) is 13.5. The van der Waals surface area contributed by atoms with E-state index in [2.05, 4.69) is 32.6 Å². The molecule has 3 heteroatoms. The lowest BCUT2D eigenvalue weighted by atomic mass is 9.87. The predicted molar refractivity (Wildman–Crippen MR) is 65.3 cm³/mol. The zero-order chi connectivity index (χ0) is 12.3. The molecule has 0 bridgehead atoms. The molecule has 0 amide bonds. The summed E-state index contributed by atoms with van der Waals surface area (Å²) in [6.45, 7) is 11.6. The Morgan fingerprint density at radius 3 is 2.25 bits per heavy atom. The summed E-state index contributed by atoms with van der Waals surface area (Å²) in [5, 5.41) is 9.14. The Hall–Kier alpha value is -0.570. The van der Waals surface area contributed by atoms with Crippen molar-refractivity contribution in [2.45, 2.75) is 34.1 Å². The minimum Gasteiger partial charge on any atom is -0.481 e. The number of rotatable bonds is 6. The van der Waals surface area contributed by atoms with Crippen molar-refractivity contribution in [2.75, 3.05) is 19.6 Å². The quantitative estimate of drug-likeness (QED) is 0.757. The Bertz CT molecular complexity index is 232. The Morgan fingerprint density at radius 1 is 1.31 bits per heavy atom. The van der Waals surface area contributed by atoms with Crippen LogP contribution >= 0.6 is 0 Å². The van der Waals surface area contributed by atoms with Crippen molar-refractivity contribution in [1.29, 1.82) is 0 Å². The van der Waals surface area contributed by atoms with E-state index in [0.717, 1.165) is 37.9 Å². The molecule has 1 aliphatic rings. The zero-order valence-corrected chi connectivity index (χ0v) is 10.9. The summed E-state index contributed by atoms with van der Waals surface area (Å²) < 4.78 is 0. The van der Waals surface area contributed by atoms with E-state index < -0.39 is 5.97 Å². The third-order valence-corrected chi connectivity index (χ3v) is 3.51. The van der Waals surface area contributed by atoms with Crippen LogP contribution in [0.1, 0.15) is 34.1 Å². The van der Waals surface area contributed by atoms with Crippen molar-refractivity contribution in [2.24, 2.45) is 23.7 Å². The van der Waals surface area contributed by atoms with E-state index in [1.54, 1.807) is 0 Å². The number of aliphatic carboxylic acids is 1. The highest BCUT2D eigenvalue weighted by molar-refractivity contribution is 5.70. The molecule has 1 fully saturated rings. The third kappa shape index (κ3) is 3.78. The average Bonchev–Trinajstić information content (AvgIpc) is 2.06. The van der Waals surface area contributed by atoms with Gasteiger partial charge in [-0.2, -0.15) is 0 Å². The van der Waals surface area contributed by atoms with Gasteiger partial charge in [0.2, 0.25) is 0 Å². The molecule has 0 saturated carbocycles. The number of likely N-dealkylation sites (tertiary alicyclic amines) is 1. The van der Waals surface area contributed by atoms with Gasteiger partial charge in [-0.15, -0.1) is 0 Å². The van der Waals surface area contributed by atoms with Crippen molar-refractivity contribution >= 4 is 5.97 Å². The lowest BCUT2D eigenvalue weighted by Crippen LogP contribution is -2.51. The van der Waals surface area contributed by atoms with Gasteiger partial charge in [-0.3, -0.25) is 4.79 Å². The summed E-state index contributed by atoms with van der Waals surface area (Å²) in [6.07, 6.45) is 0.790. The highest BCUT2D eigenvalue weighted by Crippen LogP contribution is 2.25. The molecule has 0 aromatic heterocycles. The van der Waals surface area contributed by atoms with Crippen LogP contribution in [0, 0.1) is 23.7 Å². The Morgan fingerprint density at radius 2 is 1.88 bits per heavy atom. The van der Waals surface area contributed by atoms with Gasteiger partial charge in [0.25, 0.3) is 0 Å². The second-order valence-electron chi connectivity index (χ2n) is 5.89. The molecule has 16 heavy (non-hydrogen) atoms. The van der Waals surface area contributed by atoms with Crippen LogP contribution < -0.4 is 0 Å². The van der Waals surface area contributed by atoms with E-state index in [9.17, 15) is 4.79 Å². The molecular weight excluding hydrogens is 202 g/mol. The molecule has 1 N–H and O–H groups in total. The molecule has 0 radical (unpaired) electrons. The number of carbonyl (C=O) groups is 1. The topological polar surface area (TPSA) is 40.5 Å². The summed E-state index contributed by atoms with van der Waals surface area (Å²) in [5.41, 5.74) is 0. The number of carboxylic acid groups (broad SMARTS) is 1. The van der Waals surface area contributed by atoms with Crippen LogP contribution in [-0.2, 0) is 4.79 Å². The summed E-state index contributed by atoms with van der Waals surface area (Å²) >= 11 is 0. The summed E-state index contributed by atoms with van der Waals surface area (Å²) in [4.78, 5) is 13.4. The van der Waals surface area contributed by atoms with Crippen molar-refractivity contribution < 1.29 is 9.90 Å². The number of hydrogen-bond donors (Lipinski definition) is 1. The van der Waals surface area contributed by atoms with E-state index in [1.807, 2.05) is 0 Å². The minimum atomic E-state index is -0.637. The highest BCUT2D eigenvalue weighted by Gasteiger charge is 2.32. The summed E-state index contributed by atoms with van der Waals surface area (Å²) in [5.74, 6) is 1.14. The smallest absolute Gasteiger partial charge is 0.307 e. The van der Waals surface area contributed by atoms with Gasteiger partial charge in [-0.25, -0.2) is 0 Å². The maximum atomic E-state index is 11.1. The zero-order valence-electron chi connectivity index (χ0n) is 10.9. The van der Waals surface area contributed by atoms with Gasteiger partial charge >= 0.3 is 5.97 Å². The second kappa shape index (κ2) is 5.67. The monoisotopic (exact) mass is 227 g/mol. The van der Waals surface area contributed by atoms with Crippen LogP contribution in [0.4, 0.5) is 0 Å². The summed E-state index contributed by atoms with van der Waals surface area (Å²) in [6, 6.07) is 0. The lowest BCUT2D eigenvalue weighted by Gasteiger charge is -2.42. The fraction of sp³-hybridized carbons (Fsp3) is 0.923. The summed E-state index contributed by atoms with van der Waals surface area (Å²) in [7, 11) is 0. The Kier molecular flexibility index (Phi) is 4.78. The van der Waals surface area contributed by atoms with Gasteiger partial charge in [-0.05, 0) is 24.2 Å². The molecular formula is C13H25NO2. The van der Waals surface area contributed by atoms with Crippen LogP contribution in [0.3, 0.4) is 0 Å². The van der Waals surface area contributed by atoms with Crippen LogP contribution in [0.5, 0.6) is 0 Å².